The molecule has 0 saturated carbocycles. The monoisotopic (exact) mass is 328 g/mol. The minimum absolute atomic E-state index is 0.463. The first-order valence-electron chi connectivity index (χ1n) is 8.91. The number of hydrogen-bond donors (Lipinski definition) is 0. The largest absolute Gasteiger partial charge is 0.369 e. The van der Waals surface area contributed by atoms with E-state index in [1.54, 1.807) is 0 Å². The SMILES string of the molecule is CC[C@H]1CN(C)CCN1c1cc(N2CCN(C)CC2)cc(C#N)n1. The van der Waals surface area contributed by atoms with Crippen LogP contribution < -0.4 is 9.80 Å². The summed E-state index contributed by atoms with van der Waals surface area (Å²) < 4.78 is 0. The number of nitriles is 1. The minimum atomic E-state index is 0.463. The maximum atomic E-state index is 9.42. The van der Waals surface area contributed by atoms with Gasteiger partial charge in [0.05, 0.1) is 0 Å². The summed E-state index contributed by atoms with van der Waals surface area (Å²) in [7, 11) is 4.33. The molecule has 1 atom stereocenters. The Kier molecular flexibility index (Phi) is 5.22. The van der Waals surface area contributed by atoms with Crippen LogP contribution in [0.2, 0.25) is 0 Å². The van der Waals surface area contributed by atoms with Crippen LogP contribution in [0.5, 0.6) is 0 Å². The first kappa shape index (κ1) is 17.0. The third kappa shape index (κ3) is 3.63. The molecule has 130 valence electrons. The smallest absolute Gasteiger partial charge is 0.144 e. The molecule has 3 heterocycles. The molecule has 0 unspecified atom stereocenters. The fourth-order valence-corrected chi connectivity index (χ4v) is 3.62. The van der Waals surface area contributed by atoms with E-state index in [1.165, 1.54) is 0 Å². The van der Waals surface area contributed by atoms with E-state index in [0.29, 0.717) is 11.7 Å². The topological polar surface area (TPSA) is 49.6 Å². The molecule has 2 aliphatic rings. The van der Waals surface area contributed by atoms with E-state index in [-0.39, 0.29) is 0 Å². The van der Waals surface area contributed by atoms with Gasteiger partial charge < -0.3 is 19.6 Å². The van der Waals surface area contributed by atoms with Crippen LogP contribution in [0.4, 0.5) is 11.5 Å². The van der Waals surface area contributed by atoms with Crippen LogP contribution in [0.1, 0.15) is 19.0 Å². The molecule has 1 aromatic heterocycles. The molecule has 0 aromatic carbocycles. The average molecular weight is 328 g/mol. The highest BCUT2D eigenvalue weighted by Crippen LogP contribution is 2.26. The lowest BCUT2D eigenvalue weighted by atomic mass is 10.1. The fourth-order valence-electron chi connectivity index (χ4n) is 3.62. The van der Waals surface area contributed by atoms with Gasteiger partial charge in [0, 0.05) is 63.6 Å². The van der Waals surface area contributed by atoms with Crippen molar-refractivity contribution in [3.05, 3.63) is 17.8 Å². The summed E-state index contributed by atoms with van der Waals surface area (Å²) in [6.45, 7) is 9.43. The van der Waals surface area contributed by atoms with Gasteiger partial charge in [-0.3, -0.25) is 0 Å². The second-order valence-electron chi connectivity index (χ2n) is 6.99. The molecule has 0 aliphatic carbocycles. The normalized spacial score (nSPS) is 23.3. The van der Waals surface area contributed by atoms with Gasteiger partial charge in [-0.1, -0.05) is 6.92 Å². The van der Waals surface area contributed by atoms with Crippen molar-refractivity contribution in [1.82, 2.24) is 14.8 Å². The van der Waals surface area contributed by atoms with Crippen LogP contribution in [0.25, 0.3) is 0 Å². The Hall–Kier alpha value is -1.84. The standard InChI is InChI=1S/C18H28N6/c1-4-16-14-22(3)7-10-24(16)18-12-17(11-15(13-19)20-18)23-8-5-21(2)6-9-23/h11-12,16H,4-10,14H2,1-3H3/t16-/m0/s1. The van der Waals surface area contributed by atoms with Crippen molar-refractivity contribution in [3.8, 4) is 6.07 Å². The van der Waals surface area contributed by atoms with Crippen molar-refractivity contribution in [1.29, 1.82) is 5.26 Å². The predicted molar refractivity (Wildman–Crippen MR) is 97.6 cm³/mol. The van der Waals surface area contributed by atoms with Gasteiger partial charge >= 0.3 is 0 Å². The number of pyridine rings is 1. The van der Waals surface area contributed by atoms with Crippen molar-refractivity contribution >= 4 is 11.5 Å². The van der Waals surface area contributed by atoms with E-state index in [4.69, 9.17) is 0 Å². The number of likely N-dealkylation sites (N-methyl/N-ethyl adjacent to an activating group) is 2. The molecular formula is C18H28N6. The van der Waals surface area contributed by atoms with Crippen molar-refractivity contribution in [2.24, 2.45) is 0 Å². The van der Waals surface area contributed by atoms with Crippen LogP contribution in [0.15, 0.2) is 12.1 Å². The molecule has 0 radical (unpaired) electrons. The van der Waals surface area contributed by atoms with Crippen LogP contribution in [-0.2, 0) is 0 Å². The zero-order chi connectivity index (χ0) is 17.1. The maximum absolute atomic E-state index is 9.42. The third-order valence-corrected chi connectivity index (χ3v) is 5.23. The Morgan fingerprint density at radius 3 is 2.46 bits per heavy atom. The Bertz CT molecular complexity index is 602. The highest BCUT2D eigenvalue weighted by Gasteiger charge is 2.26. The average Bonchev–Trinajstić information content (AvgIpc) is 2.61. The van der Waals surface area contributed by atoms with Crippen LogP contribution in [-0.4, -0.2) is 80.7 Å². The number of aromatic nitrogens is 1. The molecule has 0 bridgehead atoms. The first-order valence-corrected chi connectivity index (χ1v) is 8.91. The molecule has 1 aromatic rings. The van der Waals surface area contributed by atoms with Crippen LogP contribution in [0, 0.1) is 11.3 Å². The number of hydrogen-bond acceptors (Lipinski definition) is 6. The van der Waals surface area contributed by atoms with E-state index in [9.17, 15) is 5.26 Å². The lowest BCUT2D eigenvalue weighted by Gasteiger charge is -2.41. The van der Waals surface area contributed by atoms with E-state index < -0.39 is 0 Å². The van der Waals surface area contributed by atoms with Crippen molar-refractivity contribution < 1.29 is 0 Å². The van der Waals surface area contributed by atoms with E-state index in [2.05, 4.69) is 57.7 Å². The second-order valence-corrected chi connectivity index (χ2v) is 6.99. The lowest BCUT2D eigenvalue weighted by molar-refractivity contribution is 0.263. The second kappa shape index (κ2) is 7.37. The molecular weight excluding hydrogens is 300 g/mol. The van der Waals surface area contributed by atoms with E-state index >= 15 is 0 Å². The van der Waals surface area contributed by atoms with Gasteiger partial charge in [-0.05, 0) is 26.6 Å². The van der Waals surface area contributed by atoms with Gasteiger partial charge in [-0.15, -0.1) is 0 Å². The predicted octanol–water partition coefficient (Wildman–Crippen LogP) is 1.24. The molecule has 6 heteroatoms. The fraction of sp³-hybridized carbons (Fsp3) is 0.667. The molecule has 0 N–H and O–H groups in total. The van der Waals surface area contributed by atoms with E-state index in [0.717, 1.165) is 63.7 Å². The summed E-state index contributed by atoms with van der Waals surface area (Å²) in [6, 6.07) is 6.83. The zero-order valence-electron chi connectivity index (χ0n) is 15.1. The Morgan fingerprint density at radius 2 is 1.79 bits per heavy atom. The summed E-state index contributed by atoms with van der Waals surface area (Å²) in [5.41, 5.74) is 1.66. The number of anilines is 2. The van der Waals surface area contributed by atoms with Crippen molar-refractivity contribution in [2.75, 3.05) is 69.7 Å². The molecule has 0 amide bonds. The zero-order valence-corrected chi connectivity index (χ0v) is 15.1. The van der Waals surface area contributed by atoms with Crippen LogP contribution >= 0.6 is 0 Å². The number of nitrogens with zero attached hydrogens (tertiary/aromatic N) is 6. The maximum Gasteiger partial charge on any atom is 0.144 e. The van der Waals surface area contributed by atoms with Gasteiger partial charge in [0.15, 0.2) is 0 Å². The van der Waals surface area contributed by atoms with Gasteiger partial charge in [0.2, 0.25) is 0 Å². The summed E-state index contributed by atoms with van der Waals surface area (Å²) in [4.78, 5) is 14.1. The van der Waals surface area contributed by atoms with Crippen molar-refractivity contribution in [3.63, 3.8) is 0 Å². The lowest BCUT2D eigenvalue weighted by Crippen LogP contribution is -2.52. The molecule has 24 heavy (non-hydrogen) atoms. The molecule has 0 spiro atoms. The number of piperazine rings is 2. The summed E-state index contributed by atoms with van der Waals surface area (Å²) in [5, 5.41) is 9.42. The number of rotatable bonds is 3. The molecule has 2 saturated heterocycles. The summed E-state index contributed by atoms with van der Waals surface area (Å²) >= 11 is 0. The Labute approximate surface area is 145 Å². The highest BCUT2D eigenvalue weighted by molar-refractivity contribution is 5.59. The van der Waals surface area contributed by atoms with Crippen molar-refractivity contribution in [2.45, 2.75) is 19.4 Å². The Morgan fingerprint density at radius 1 is 1.08 bits per heavy atom. The molecule has 2 aliphatic heterocycles. The van der Waals surface area contributed by atoms with Gasteiger partial charge in [0.1, 0.15) is 17.6 Å². The molecule has 2 fully saturated rings. The minimum Gasteiger partial charge on any atom is -0.369 e. The van der Waals surface area contributed by atoms with E-state index in [1.807, 2.05) is 6.07 Å². The van der Waals surface area contributed by atoms with Gasteiger partial charge in [0.25, 0.3) is 0 Å². The van der Waals surface area contributed by atoms with Gasteiger partial charge in [-0.2, -0.15) is 5.26 Å². The van der Waals surface area contributed by atoms with Crippen LogP contribution in [0.3, 0.4) is 0 Å². The summed E-state index contributed by atoms with van der Waals surface area (Å²) in [5.74, 6) is 0.961. The first-order chi connectivity index (χ1) is 11.6. The third-order valence-electron chi connectivity index (χ3n) is 5.23. The highest BCUT2D eigenvalue weighted by atomic mass is 15.3. The Balaban J connectivity index is 1.88. The van der Waals surface area contributed by atoms with Gasteiger partial charge in [-0.25, -0.2) is 4.98 Å². The molecule has 3 rings (SSSR count). The molecule has 6 nitrogen and oxygen atoms in total. The summed E-state index contributed by atoms with van der Waals surface area (Å²) in [6.07, 6.45) is 1.09. The quantitative estimate of drug-likeness (QED) is 0.832.